The van der Waals surface area contributed by atoms with Gasteiger partial charge in [0.1, 0.15) is 5.82 Å². The summed E-state index contributed by atoms with van der Waals surface area (Å²) in [5, 5.41) is 7.02. The van der Waals surface area contributed by atoms with E-state index in [2.05, 4.69) is 10.4 Å². The summed E-state index contributed by atoms with van der Waals surface area (Å²) in [6.07, 6.45) is 4.24. The Bertz CT molecular complexity index is 889. The van der Waals surface area contributed by atoms with Crippen molar-refractivity contribution in [1.82, 2.24) is 19.4 Å². The van der Waals surface area contributed by atoms with Crippen LogP contribution in [0.5, 0.6) is 0 Å². The van der Waals surface area contributed by atoms with E-state index in [4.69, 9.17) is 0 Å². The number of carbonyl (C=O) groups excluding carboxylic acids is 1. The van der Waals surface area contributed by atoms with Crippen molar-refractivity contribution in [3.63, 3.8) is 0 Å². The van der Waals surface area contributed by atoms with Gasteiger partial charge in [-0.1, -0.05) is 6.07 Å². The maximum absolute atomic E-state index is 13.3. The van der Waals surface area contributed by atoms with Crippen LogP contribution in [0.25, 0.3) is 5.69 Å². The van der Waals surface area contributed by atoms with E-state index in [1.54, 1.807) is 24.4 Å². The molecule has 0 bridgehead atoms. The molecule has 2 heterocycles. The topological polar surface area (TPSA) is 84.3 Å². The third-order valence-electron chi connectivity index (χ3n) is 4.49. The molecule has 1 aliphatic rings. The van der Waals surface area contributed by atoms with Crippen LogP contribution in [0.2, 0.25) is 0 Å². The molecule has 9 heteroatoms. The van der Waals surface area contributed by atoms with E-state index in [1.165, 1.54) is 27.4 Å². The van der Waals surface area contributed by atoms with Gasteiger partial charge in [0.05, 0.1) is 11.9 Å². The van der Waals surface area contributed by atoms with Crippen LogP contribution in [0.4, 0.5) is 4.39 Å². The average Bonchev–Trinajstić information content (AvgIpc) is 3.09. The van der Waals surface area contributed by atoms with Gasteiger partial charge in [0.15, 0.2) is 5.69 Å². The van der Waals surface area contributed by atoms with Gasteiger partial charge >= 0.3 is 0 Å². The first-order chi connectivity index (χ1) is 12.3. The van der Waals surface area contributed by atoms with E-state index in [0.29, 0.717) is 38.2 Å². The molecule has 1 saturated heterocycles. The smallest absolute Gasteiger partial charge is 0.271 e. The van der Waals surface area contributed by atoms with Gasteiger partial charge in [-0.25, -0.2) is 21.8 Å². The number of nitrogens with one attached hydrogen (secondary N) is 1. The fourth-order valence-electron chi connectivity index (χ4n) is 2.98. The molecule has 26 heavy (non-hydrogen) atoms. The largest absolute Gasteiger partial charge is 0.350 e. The van der Waals surface area contributed by atoms with E-state index < -0.39 is 10.0 Å². The number of benzene rings is 1. The minimum absolute atomic E-state index is 0.238. The highest BCUT2D eigenvalue weighted by atomic mass is 32.2. The normalized spacial score (nSPS) is 16.5. The minimum atomic E-state index is -3.14. The zero-order valence-electron chi connectivity index (χ0n) is 14.4. The summed E-state index contributed by atoms with van der Waals surface area (Å²) in [5.74, 6) is -0.433. The van der Waals surface area contributed by atoms with Crippen LogP contribution in [0.15, 0.2) is 36.5 Å². The molecule has 0 unspecified atom stereocenters. The lowest BCUT2D eigenvalue weighted by Crippen LogP contribution is -2.41. The van der Waals surface area contributed by atoms with Crippen LogP contribution < -0.4 is 5.32 Å². The van der Waals surface area contributed by atoms with Crippen LogP contribution in [0.3, 0.4) is 0 Å². The zero-order chi connectivity index (χ0) is 18.7. The summed E-state index contributed by atoms with van der Waals surface area (Å²) in [6.45, 7) is 1.43. The first-order valence-corrected chi connectivity index (χ1v) is 10.2. The van der Waals surface area contributed by atoms with Gasteiger partial charge in [-0.15, -0.1) is 0 Å². The second kappa shape index (κ2) is 7.55. The van der Waals surface area contributed by atoms with E-state index in [0.717, 1.165) is 0 Å². The Balaban J connectivity index is 1.53. The molecule has 0 radical (unpaired) electrons. The Morgan fingerprint density at radius 2 is 2.04 bits per heavy atom. The number of carbonyl (C=O) groups is 1. The van der Waals surface area contributed by atoms with Gasteiger partial charge < -0.3 is 5.32 Å². The lowest BCUT2D eigenvalue weighted by Gasteiger charge is -2.30. The molecule has 1 aromatic heterocycles. The number of nitrogens with zero attached hydrogens (tertiary/aromatic N) is 3. The van der Waals surface area contributed by atoms with Crippen LogP contribution in [0, 0.1) is 11.7 Å². The van der Waals surface area contributed by atoms with Crippen molar-refractivity contribution < 1.29 is 17.6 Å². The number of hydrogen-bond donors (Lipinski definition) is 1. The van der Waals surface area contributed by atoms with Gasteiger partial charge in [-0.3, -0.25) is 4.79 Å². The van der Waals surface area contributed by atoms with Crippen molar-refractivity contribution in [2.75, 3.05) is 25.9 Å². The van der Waals surface area contributed by atoms with Crippen LogP contribution >= 0.6 is 0 Å². The molecule has 2 aromatic rings. The number of hydrogen-bond acceptors (Lipinski definition) is 4. The molecule has 0 aliphatic carbocycles. The van der Waals surface area contributed by atoms with Gasteiger partial charge in [-0.05, 0) is 43.0 Å². The highest BCUT2D eigenvalue weighted by molar-refractivity contribution is 7.88. The fourth-order valence-corrected chi connectivity index (χ4v) is 3.85. The molecule has 0 atom stereocenters. The Hall–Kier alpha value is -2.26. The number of aromatic nitrogens is 2. The predicted octanol–water partition coefficient (Wildman–Crippen LogP) is 1.41. The number of rotatable bonds is 5. The maximum atomic E-state index is 13.3. The molecule has 1 fully saturated rings. The number of piperidine rings is 1. The molecule has 0 saturated carbocycles. The zero-order valence-corrected chi connectivity index (χ0v) is 15.2. The molecule has 0 spiro atoms. The van der Waals surface area contributed by atoms with E-state index in [-0.39, 0.29) is 23.3 Å². The minimum Gasteiger partial charge on any atom is -0.350 e. The number of amides is 1. The van der Waals surface area contributed by atoms with Gasteiger partial charge in [0.2, 0.25) is 10.0 Å². The molecule has 7 nitrogen and oxygen atoms in total. The molecule has 1 amide bonds. The summed E-state index contributed by atoms with van der Waals surface area (Å²) in [6, 6.07) is 7.54. The van der Waals surface area contributed by atoms with Gasteiger partial charge in [-0.2, -0.15) is 5.10 Å². The Morgan fingerprint density at radius 3 is 2.69 bits per heavy atom. The first-order valence-electron chi connectivity index (χ1n) is 8.38. The Labute approximate surface area is 151 Å². The lowest BCUT2D eigenvalue weighted by atomic mass is 9.98. The van der Waals surface area contributed by atoms with Crippen molar-refractivity contribution in [3.8, 4) is 5.69 Å². The lowest BCUT2D eigenvalue weighted by molar-refractivity contribution is 0.0936. The SMILES string of the molecule is CS(=O)(=O)N1CCC(CNC(=O)c2ccn(-c3cccc(F)c3)n2)CC1. The second-order valence-electron chi connectivity index (χ2n) is 6.44. The average molecular weight is 380 g/mol. The van der Waals surface area contributed by atoms with Crippen LogP contribution in [0.1, 0.15) is 23.3 Å². The monoisotopic (exact) mass is 380 g/mol. The highest BCUT2D eigenvalue weighted by Crippen LogP contribution is 2.18. The molecule has 1 aromatic carbocycles. The third-order valence-corrected chi connectivity index (χ3v) is 5.79. The van der Waals surface area contributed by atoms with E-state index in [1.807, 2.05) is 0 Å². The van der Waals surface area contributed by atoms with Crippen molar-refractivity contribution in [1.29, 1.82) is 0 Å². The van der Waals surface area contributed by atoms with Crippen molar-refractivity contribution in [2.24, 2.45) is 5.92 Å². The number of halogens is 1. The second-order valence-corrected chi connectivity index (χ2v) is 8.42. The highest BCUT2D eigenvalue weighted by Gasteiger charge is 2.25. The van der Waals surface area contributed by atoms with Gasteiger partial charge in [0, 0.05) is 25.8 Å². The fraction of sp³-hybridized carbons (Fsp3) is 0.412. The standard InChI is InChI=1S/C17H21FN4O3S/c1-26(24,25)21-8-5-13(6-9-21)12-19-17(23)16-7-10-22(20-16)15-4-2-3-14(18)11-15/h2-4,7,10-11,13H,5-6,8-9,12H2,1H3,(H,19,23). The summed E-state index contributed by atoms with van der Waals surface area (Å²) in [4.78, 5) is 12.3. The molecular weight excluding hydrogens is 359 g/mol. The summed E-state index contributed by atoms with van der Waals surface area (Å²) in [5.41, 5.74) is 0.792. The van der Waals surface area contributed by atoms with Crippen molar-refractivity contribution >= 4 is 15.9 Å². The molecule has 3 rings (SSSR count). The number of sulfonamides is 1. The predicted molar refractivity (Wildman–Crippen MR) is 95.0 cm³/mol. The quantitative estimate of drug-likeness (QED) is 0.850. The van der Waals surface area contributed by atoms with Crippen molar-refractivity contribution in [2.45, 2.75) is 12.8 Å². The molecule has 1 aliphatic heterocycles. The summed E-state index contributed by atoms with van der Waals surface area (Å²) >= 11 is 0. The molecule has 1 N–H and O–H groups in total. The van der Waals surface area contributed by atoms with E-state index >= 15 is 0 Å². The Kier molecular flexibility index (Phi) is 5.38. The Morgan fingerprint density at radius 1 is 1.31 bits per heavy atom. The van der Waals surface area contributed by atoms with Crippen molar-refractivity contribution in [3.05, 3.63) is 48.0 Å². The summed E-state index contributed by atoms with van der Waals surface area (Å²) in [7, 11) is -3.14. The third kappa shape index (κ3) is 4.47. The maximum Gasteiger partial charge on any atom is 0.271 e. The summed E-state index contributed by atoms with van der Waals surface area (Å²) < 4.78 is 39.2. The van der Waals surface area contributed by atoms with Crippen LogP contribution in [-0.4, -0.2) is 54.3 Å². The molecular formula is C17H21FN4O3S. The molecule has 140 valence electrons. The van der Waals surface area contributed by atoms with E-state index in [9.17, 15) is 17.6 Å². The first kappa shape index (κ1) is 18.5. The van der Waals surface area contributed by atoms with Gasteiger partial charge in [0.25, 0.3) is 5.91 Å². The van der Waals surface area contributed by atoms with Crippen LogP contribution in [-0.2, 0) is 10.0 Å².